The van der Waals surface area contributed by atoms with E-state index in [1.165, 1.54) is 12.8 Å². The Morgan fingerprint density at radius 1 is 0.760 bits per heavy atom. The van der Waals surface area contributed by atoms with E-state index in [0.29, 0.717) is 0 Å². The summed E-state index contributed by atoms with van der Waals surface area (Å²) >= 11 is 0. The van der Waals surface area contributed by atoms with E-state index in [0.717, 1.165) is 62.9 Å². The highest BCUT2D eigenvalue weighted by Gasteiger charge is 2.22. The van der Waals surface area contributed by atoms with Crippen molar-refractivity contribution >= 4 is 17.7 Å². The first kappa shape index (κ1) is 16.1. The van der Waals surface area contributed by atoms with Crippen molar-refractivity contribution in [3.8, 4) is 0 Å². The van der Waals surface area contributed by atoms with E-state index in [1.807, 2.05) is 18.3 Å². The number of piperidine rings is 1. The molecule has 2 aliphatic rings. The first-order chi connectivity index (χ1) is 12.3. The summed E-state index contributed by atoms with van der Waals surface area (Å²) in [6.07, 6.45) is 7.94. The van der Waals surface area contributed by atoms with Crippen molar-refractivity contribution in [1.29, 1.82) is 0 Å². The van der Waals surface area contributed by atoms with Gasteiger partial charge >= 0.3 is 0 Å². The van der Waals surface area contributed by atoms with Crippen LogP contribution in [0.3, 0.4) is 0 Å². The van der Waals surface area contributed by atoms with E-state index < -0.39 is 0 Å². The van der Waals surface area contributed by atoms with Gasteiger partial charge in [0.05, 0.1) is 0 Å². The molecule has 0 aromatic carbocycles. The number of hydrogen-bond acceptors (Lipinski definition) is 7. The van der Waals surface area contributed by atoms with Crippen molar-refractivity contribution in [2.24, 2.45) is 5.92 Å². The molecule has 0 amide bonds. The molecule has 2 aromatic rings. The highest BCUT2D eigenvalue weighted by atomic mass is 15.3. The molecule has 0 radical (unpaired) electrons. The normalized spacial score (nSPS) is 19.3. The lowest BCUT2D eigenvalue weighted by molar-refractivity contribution is 0.434. The Bertz CT molecular complexity index is 677. The van der Waals surface area contributed by atoms with Crippen LogP contribution in [0.25, 0.3) is 0 Å². The Morgan fingerprint density at radius 3 is 2.08 bits per heavy atom. The molecule has 2 fully saturated rings. The fourth-order valence-corrected chi connectivity index (χ4v) is 3.47. The number of aromatic nitrogens is 4. The van der Waals surface area contributed by atoms with Crippen LogP contribution in [0.5, 0.6) is 0 Å². The molecule has 2 aromatic heterocycles. The summed E-state index contributed by atoms with van der Waals surface area (Å²) in [7, 11) is 0. The Labute approximate surface area is 148 Å². The molecular weight excluding hydrogens is 314 g/mol. The minimum absolute atomic E-state index is 0.813. The van der Waals surface area contributed by atoms with Crippen LogP contribution in [0.15, 0.2) is 30.7 Å². The molecule has 132 valence electrons. The quantitative estimate of drug-likeness (QED) is 0.845. The van der Waals surface area contributed by atoms with Gasteiger partial charge in [0, 0.05) is 57.9 Å². The van der Waals surface area contributed by atoms with Crippen molar-refractivity contribution in [2.75, 3.05) is 54.0 Å². The van der Waals surface area contributed by atoms with Crippen LogP contribution in [0.1, 0.15) is 19.8 Å². The molecule has 0 spiro atoms. The highest BCUT2D eigenvalue weighted by Crippen LogP contribution is 2.22. The van der Waals surface area contributed by atoms with Crippen LogP contribution >= 0.6 is 0 Å². The first-order valence-electron chi connectivity index (χ1n) is 9.14. The van der Waals surface area contributed by atoms with Crippen LogP contribution in [0.4, 0.5) is 17.7 Å². The highest BCUT2D eigenvalue weighted by molar-refractivity contribution is 5.46. The van der Waals surface area contributed by atoms with Gasteiger partial charge in [-0.05, 0) is 30.9 Å². The third kappa shape index (κ3) is 3.65. The van der Waals surface area contributed by atoms with Crippen molar-refractivity contribution in [3.05, 3.63) is 30.7 Å². The molecule has 0 saturated carbocycles. The molecule has 4 heterocycles. The second-order valence-corrected chi connectivity index (χ2v) is 6.91. The number of anilines is 3. The van der Waals surface area contributed by atoms with Gasteiger partial charge in [0.2, 0.25) is 11.9 Å². The number of hydrogen-bond donors (Lipinski definition) is 0. The minimum atomic E-state index is 0.813. The average Bonchev–Trinajstić information content (AvgIpc) is 2.69. The van der Waals surface area contributed by atoms with Gasteiger partial charge in [0.1, 0.15) is 5.82 Å². The maximum absolute atomic E-state index is 4.83. The van der Waals surface area contributed by atoms with E-state index >= 15 is 0 Å². The fourth-order valence-electron chi connectivity index (χ4n) is 3.47. The van der Waals surface area contributed by atoms with E-state index in [2.05, 4.69) is 36.6 Å². The van der Waals surface area contributed by atoms with Crippen molar-refractivity contribution in [2.45, 2.75) is 19.8 Å². The molecule has 4 rings (SSSR count). The maximum Gasteiger partial charge on any atom is 0.227 e. The van der Waals surface area contributed by atoms with E-state index in [1.54, 1.807) is 12.4 Å². The summed E-state index contributed by atoms with van der Waals surface area (Å²) in [6, 6.07) is 3.87. The van der Waals surface area contributed by atoms with Gasteiger partial charge < -0.3 is 14.7 Å². The largest absolute Gasteiger partial charge is 0.353 e. The van der Waals surface area contributed by atoms with Gasteiger partial charge in [-0.1, -0.05) is 6.92 Å². The van der Waals surface area contributed by atoms with Crippen LogP contribution < -0.4 is 14.7 Å². The van der Waals surface area contributed by atoms with Gasteiger partial charge in [-0.3, -0.25) is 0 Å². The molecule has 7 nitrogen and oxygen atoms in total. The topological polar surface area (TPSA) is 61.3 Å². The molecule has 7 heteroatoms. The molecule has 2 saturated heterocycles. The standard InChI is InChI=1S/C18H25N7/c1-15-4-9-24(10-5-15)18-21-8-3-16(22-18)23-11-13-25(14-12-23)17-19-6-2-7-20-17/h2-3,6-8,15H,4-5,9-14H2,1H3. The summed E-state index contributed by atoms with van der Waals surface area (Å²) in [6.45, 7) is 8.10. The van der Waals surface area contributed by atoms with Crippen molar-refractivity contribution < 1.29 is 0 Å². The Morgan fingerprint density at radius 2 is 1.36 bits per heavy atom. The van der Waals surface area contributed by atoms with Crippen LogP contribution in [0, 0.1) is 5.92 Å². The second-order valence-electron chi connectivity index (χ2n) is 6.91. The van der Waals surface area contributed by atoms with E-state index in [4.69, 9.17) is 4.98 Å². The van der Waals surface area contributed by atoms with Gasteiger partial charge in [0.25, 0.3) is 0 Å². The summed E-state index contributed by atoms with van der Waals surface area (Å²) in [5, 5.41) is 0. The average molecular weight is 339 g/mol. The third-order valence-electron chi connectivity index (χ3n) is 5.13. The van der Waals surface area contributed by atoms with Crippen LogP contribution in [0.2, 0.25) is 0 Å². The summed E-state index contributed by atoms with van der Waals surface area (Å²) < 4.78 is 0. The molecule has 0 bridgehead atoms. The first-order valence-corrected chi connectivity index (χ1v) is 9.14. The molecule has 25 heavy (non-hydrogen) atoms. The molecule has 2 aliphatic heterocycles. The third-order valence-corrected chi connectivity index (χ3v) is 5.13. The number of rotatable bonds is 3. The summed E-state index contributed by atoms with van der Waals surface area (Å²) in [5.41, 5.74) is 0. The van der Waals surface area contributed by atoms with Gasteiger partial charge in [-0.15, -0.1) is 0 Å². The Hall–Kier alpha value is -2.44. The lowest BCUT2D eigenvalue weighted by atomic mass is 10.00. The Balaban J connectivity index is 1.40. The predicted molar refractivity (Wildman–Crippen MR) is 99.1 cm³/mol. The molecule has 0 N–H and O–H groups in total. The smallest absolute Gasteiger partial charge is 0.227 e. The molecule has 0 aliphatic carbocycles. The lowest BCUT2D eigenvalue weighted by Gasteiger charge is -2.36. The molecular formula is C18H25N7. The molecule has 0 unspecified atom stereocenters. The monoisotopic (exact) mass is 339 g/mol. The number of nitrogens with zero attached hydrogens (tertiary/aromatic N) is 7. The zero-order valence-corrected chi connectivity index (χ0v) is 14.8. The second kappa shape index (κ2) is 7.21. The molecule has 0 atom stereocenters. The van der Waals surface area contributed by atoms with Crippen molar-refractivity contribution in [1.82, 2.24) is 19.9 Å². The Kier molecular flexibility index (Phi) is 4.63. The number of piperazine rings is 1. The van der Waals surface area contributed by atoms with Crippen LogP contribution in [-0.4, -0.2) is 59.2 Å². The van der Waals surface area contributed by atoms with E-state index in [9.17, 15) is 0 Å². The zero-order valence-electron chi connectivity index (χ0n) is 14.8. The summed E-state index contributed by atoms with van der Waals surface area (Å²) in [4.78, 5) is 24.9. The van der Waals surface area contributed by atoms with Crippen LogP contribution in [-0.2, 0) is 0 Å². The van der Waals surface area contributed by atoms with Gasteiger partial charge in [0.15, 0.2) is 0 Å². The minimum Gasteiger partial charge on any atom is -0.353 e. The predicted octanol–water partition coefficient (Wildman–Crippen LogP) is 1.83. The summed E-state index contributed by atoms with van der Waals surface area (Å²) in [5.74, 6) is 3.52. The van der Waals surface area contributed by atoms with Gasteiger partial charge in [-0.25, -0.2) is 15.0 Å². The van der Waals surface area contributed by atoms with Gasteiger partial charge in [-0.2, -0.15) is 4.98 Å². The SMILES string of the molecule is CC1CCN(c2nccc(N3CCN(c4ncccn4)CC3)n2)CC1. The zero-order chi connectivity index (χ0) is 17.1. The van der Waals surface area contributed by atoms with Crippen molar-refractivity contribution in [3.63, 3.8) is 0 Å². The fraction of sp³-hybridized carbons (Fsp3) is 0.556. The maximum atomic E-state index is 4.83. The lowest BCUT2D eigenvalue weighted by Crippen LogP contribution is -2.47. The van der Waals surface area contributed by atoms with E-state index in [-0.39, 0.29) is 0 Å².